The Hall–Kier alpha value is -1.12. The van der Waals surface area contributed by atoms with Crippen LogP contribution < -0.4 is 5.73 Å². The van der Waals surface area contributed by atoms with Gasteiger partial charge in [0.25, 0.3) is 0 Å². The molecule has 0 radical (unpaired) electrons. The highest BCUT2D eigenvalue weighted by atomic mass is 32.2. The average Bonchev–Trinajstić information content (AvgIpc) is 2.29. The van der Waals surface area contributed by atoms with Gasteiger partial charge in [0.15, 0.2) is 0 Å². The van der Waals surface area contributed by atoms with Crippen LogP contribution in [-0.2, 0) is 19.9 Å². The van der Waals surface area contributed by atoms with Crippen molar-refractivity contribution in [1.82, 2.24) is 4.31 Å². The molecule has 0 aliphatic heterocycles. The maximum atomic E-state index is 12.4. The minimum atomic E-state index is -3.79. The summed E-state index contributed by atoms with van der Waals surface area (Å²) in [5.74, 6) is -0.229. The quantitative estimate of drug-likeness (QED) is 0.799. The van der Waals surface area contributed by atoms with Gasteiger partial charge < -0.3 is 5.73 Å². The molecule has 0 bridgehead atoms. The van der Waals surface area contributed by atoms with Crippen LogP contribution in [0.2, 0.25) is 0 Å². The Balaban J connectivity index is 3.14. The number of aryl methyl sites for hydroxylation is 2. The Bertz CT molecular complexity index is 709. The Morgan fingerprint density at radius 1 is 1.10 bits per heavy atom. The highest BCUT2D eigenvalue weighted by Crippen LogP contribution is 2.25. The summed E-state index contributed by atoms with van der Waals surface area (Å²) >= 11 is 0. The molecule has 2 N–H and O–H groups in total. The first-order valence-electron chi connectivity index (χ1n) is 5.96. The van der Waals surface area contributed by atoms with Gasteiger partial charge in [-0.2, -0.15) is 4.31 Å². The summed E-state index contributed by atoms with van der Waals surface area (Å²) in [6.45, 7) is 3.54. The number of benzene rings is 1. The Morgan fingerprint density at radius 3 is 2.10 bits per heavy atom. The van der Waals surface area contributed by atoms with Crippen LogP contribution in [0.4, 0.5) is 5.69 Å². The Morgan fingerprint density at radius 2 is 1.60 bits per heavy atom. The second-order valence-electron chi connectivity index (χ2n) is 4.93. The van der Waals surface area contributed by atoms with Gasteiger partial charge >= 0.3 is 0 Å². The fourth-order valence-electron chi connectivity index (χ4n) is 1.62. The number of sulfonamides is 1. The first-order valence-corrected chi connectivity index (χ1v) is 9.46. The summed E-state index contributed by atoms with van der Waals surface area (Å²) in [7, 11) is -5.67. The van der Waals surface area contributed by atoms with E-state index in [1.807, 2.05) is 6.92 Å². The third kappa shape index (κ3) is 3.94. The van der Waals surface area contributed by atoms with Crippen molar-refractivity contribution in [3.63, 3.8) is 0 Å². The molecule has 0 saturated heterocycles. The lowest BCUT2D eigenvalue weighted by atomic mass is 10.1. The van der Waals surface area contributed by atoms with Gasteiger partial charge in [-0.3, -0.25) is 0 Å². The van der Waals surface area contributed by atoms with E-state index in [1.165, 1.54) is 13.1 Å². The lowest BCUT2D eigenvalue weighted by Gasteiger charge is -2.18. The van der Waals surface area contributed by atoms with Crippen molar-refractivity contribution in [3.8, 4) is 0 Å². The van der Waals surface area contributed by atoms with Gasteiger partial charge in [-0.1, -0.05) is 0 Å². The van der Waals surface area contributed by atoms with Crippen LogP contribution >= 0.6 is 0 Å². The van der Waals surface area contributed by atoms with Crippen LogP contribution in [0.1, 0.15) is 11.1 Å². The lowest BCUT2D eigenvalue weighted by molar-refractivity contribution is 0.485. The zero-order chi connectivity index (χ0) is 15.7. The van der Waals surface area contributed by atoms with E-state index < -0.39 is 19.9 Å². The predicted molar refractivity (Wildman–Crippen MR) is 79.9 cm³/mol. The number of nitrogens with two attached hydrogens (primary N) is 1. The molecule has 0 aliphatic carbocycles. The molecule has 20 heavy (non-hydrogen) atoms. The second kappa shape index (κ2) is 5.71. The molecule has 0 heterocycles. The van der Waals surface area contributed by atoms with Crippen LogP contribution in [0.5, 0.6) is 0 Å². The van der Waals surface area contributed by atoms with E-state index in [2.05, 4.69) is 0 Å². The van der Waals surface area contributed by atoms with E-state index >= 15 is 0 Å². The predicted octanol–water partition coefficient (Wildman–Crippen LogP) is 0.551. The van der Waals surface area contributed by atoms with Gasteiger partial charge in [0.05, 0.1) is 11.4 Å². The smallest absolute Gasteiger partial charge is 0.244 e. The molecule has 0 amide bonds. The molecule has 6 nitrogen and oxygen atoms in total. The second-order valence-corrected chi connectivity index (χ2v) is 9.20. The van der Waals surface area contributed by atoms with E-state index in [9.17, 15) is 16.8 Å². The van der Waals surface area contributed by atoms with Crippen molar-refractivity contribution in [1.29, 1.82) is 0 Å². The summed E-state index contributed by atoms with van der Waals surface area (Å²) < 4.78 is 48.0. The topological polar surface area (TPSA) is 97.5 Å². The highest BCUT2D eigenvalue weighted by molar-refractivity contribution is 7.91. The molecule has 0 fully saturated rings. The molecule has 8 heteroatoms. The van der Waals surface area contributed by atoms with Crippen molar-refractivity contribution in [2.45, 2.75) is 18.7 Å². The van der Waals surface area contributed by atoms with Crippen molar-refractivity contribution >= 4 is 25.5 Å². The Labute approximate surface area is 120 Å². The molecule has 0 aromatic heterocycles. The molecule has 1 rings (SSSR count). The molecular formula is C12H20N2O4S2. The average molecular weight is 320 g/mol. The van der Waals surface area contributed by atoms with E-state index in [1.54, 1.807) is 13.0 Å². The van der Waals surface area contributed by atoms with Crippen molar-refractivity contribution < 1.29 is 16.8 Å². The summed E-state index contributed by atoms with van der Waals surface area (Å²) in [4.78, 5) is 0.0107. The van der Waals surface area contributed by atoms with Gasteiger partial charge in [0, 0.05) is 19.8 Å². The highest BCUT2D eigenvalue weighted by Gasteiger charge is 2.24. The third-order valence-electron chi connectivity index (χ3n) is 3.09. The zero-order valence-electron chi connectivity index (χ0n) is 12.0. The fraction of sp³-hybridized carbons (Fsp3) is 0.500. The van der Waals surface area contributed by atoms with Crippen LogP contribution in [0, 0.1) is 13.8 Å². The van der Waals surface area contributed by atoms with Crippen LogP contribution in [0.25, 0.3) is 0 Å². The van der Waals surface area contributed by atoms with E-state index in [-0.39, 0.29) is 22.9 Å². The lowest BCUT2D eigenvalue weighted by Crippen LogP contribution is -2.32. The summed E-state index contributed by atoms with van der Waals surface area (Å²) in [5.41, 5.74) is 7.66. The third-order valence-corrected chi connectivity index (χ3v) is 5.93. The van der Waals surface area contributed by atoms with Crippen LogP contribution in [0.3, 0.4) is 0 Å². The van der Waals surface area contributed by atoms with E-state index in [0.717, 1.165) is 21.7 Å². The summed E-state index contributed by atoms with van der Waals surface area (Å²) in [6.07, 6.45) is 1.07. The summed E-state index contributed by atoms with van der Waals surface area (Å²) in [6, 6.07) is 3.11. The number of anilines is 1. The van der Waals surface area contributed by atoms with Gasteiger partial charge in [0.1, 0.15) is 14.7 Å². The molecular weight excluding hydrogens is 300 g/mol. The normalized spacial score (nSPS) is 12.8. The molecule has 0 atom stereocenters. The van der Waals surface area contributed by atoms with Gasteiger partial charge in [-0.25, -0.2) is 16.8 Å². The minimum Gasteiger partial charge on any atom is -0.398 e. The fourth-order valence-corrected chi connectivity index (χ4v) is 3.69. The molecule has 114 valence electrons. The Kier molecular flexibility index (Phi) is 4.83. The molecule has 0 saturated carbocycles. The van der Waals surface area contributed by atoms with Gasteiger partial charge in [0.2, 0.25) is 10.0 Å². The number of hydrogen-bond donors (Lipinski definition) is 1. The van der Waals surface area contributed by atoms with E-state index in [4.69, 9.17) is 5.73 Å². The number of sulfone groups is 1. The van der Waals surface area contributed by atoms with Gasteiger partial charge in [-0.15, -0.1) is 0 Å². The maximum absolute atomic E-state index is 12.4. The first kappa shape index (κ1) is 16.9. The van der Waals surface area contributed by atoms with Crippen molar-refractivity contribution in [2.24, 2.45) is 0 Å². The number of nitrogen functional groups attached to an aromatic ring is 1. The monoisotopic (exact) mass is 320 g/mol. The standard InChI is InChI=1S/C12H20N2O4S2/c1-9-7-11(13)12(8-10(9)2)20(17,18)14(3)5-6-19(4,15)16/h7-8H,5-6,13H2,1-4H3. The van der Waals surface area contributed by atoms with Crippen LogP contribution in [-0.4, -0.2) is 46.7 Å². The number of hydrogen-bond acceptors (Lipinski definition) is 5. The maximum Gasteiger partial charge on any atom is 0.244 e. The van der Waals surface area contributed by atoms with Gasteiger partial charge in [-0.05, 0) is 37.1 Å². The number of nitrogens with zero attached hydrogens (tertiary/aromatic N) is 1. The number of rotatable bonds is 5. The summed E-state index contributed by atoms with van der Waals surface area (Å²) in [5, 5.41) is 0. The van der Waals surface area contributed by atoms with Crippen molar-refractivity contribution in [3.05, 3.63) is 23.3 Å². The van der Waals surface area contributed by atoms with E-state index in [0.29, 0.717) is 0 Å². The largest absolute Gasteiger partial charge is 0.398 e. The molecule has 1 aromatic carbocycles. The molecule has 0 unspecified atom stereocenters. The molecule has 0 spiro atoms. The molecule has 0 aliphatic rings. The van der Waals surface area contributed by atoms with Crippen molar-refractivity contribution in [2.75, 3.05) is 31.3 Å². The first-order chi connectivity index (χ1) is 8.95. The minimum absolute atomic E-state index is 0.0107. The zero-order valence-corrected chi connectivity index (χ0v) is 13.7. The SMILES string of the molecule is Cc1cc(N)c(S(=O)(=O)N(C)CCS(C)(=O)=O)cc1C. The molecule has 1 aromatic rings. The van der Waals surface area contributed by atoms with Crippen LogP contribution in [0.15, 0.2) is 17.0 Å².